The van der Waals surface area contributed by atoms with Crippen LogP contribution in [0.1, 0.15) is 30.1 Å². The largest absolute Gasteiger partial charge is 0.455 e. The van der Waals surface area contributed by atoms with Crippen LogP contribution in [-0.4, -0.2) is 135 Å². The highest BCUT2D eigenvalue weighted by atomic mass is 16.6. The number of esters is 2. The van der Waals surface area contributed by atoms with Crippen LogP contribution in [0.3, 0.4) is 0 Å². The van der Waals surface area contributed by atoms with E-state index in [1.165, 1.54) is 14.0 Å². The van der Waals surface area contributed by atoms with Crippen LogP contribution >= 0.6 is 0 Å². The van der Waals surface area contributed by atoms with E-state index in [1.54, 1.807) is 51.7 Å². The Morgan fingerprint density at radius 3 is 2.31 bits per heavy atom. The van der Waals surface area contributed by atoms with Gasteiger partial charge >= 0.3 is 11.9 Å². The lowest BCUT2D eigenvalue weighted by Crippen LogP contribution is -2.81. The van der Waals surface area contributed by atoms with E-state index in [2.05, 4.69) is 4.90 Å². The molecule has 248 valence electrons. The molecule has 1 aliphatic heterocycles. The summed E-state index contributed by atoms with van der Waals surface area (Å²) in [7, 11) is 8.20. The monoisotopic (exact) mass is 631 g/mol. The van der Waals surface area contributed by atoms with Crippen LogP contribution in [0.15, 0.2) is 30.3 Å². The average molecular weight is 632 g/mol. The zero-order valence-corrected chi connectivity index (χ0v) is 26.6. The molecule has 7 rings (SSSR count). The zero-order chi connectivity index (χ0) is 32.3. The molecule has 5 saturated carbocycles. The van der Waals surface area contributed by atoms with Gasteiger partial charge in [-0.3, -0.25) is 4.79 Å². The Hall–Kier alpha value is -2.16. The fourth-order valence-electron chi connectivity index (χ4n) is 12.2. The van der Waals surface area contributed by atoms with Gasteiger partial charge in [-0.25, -0.2) is 4.79 Å². The summed E-state index contributed by atoms with van der Waals surface area (Å²) in [6.07, 6.45) is -5.50. The van der Waals surface area contributed by atoms with Crippen molar-refractivity contribution < 1.29 is 53.3 Å². The van der Waals surface area contributed by atoms with E-state index in [0.29, 0.717) is 18.5 Å². The number of rotatable bonds is 8. The summed E-state index contributed by atoms with van der Waals surface area (Å²) in [5.74, 6) is -3.66. The van der Waals surface area contributed by atoms with Crippen molar-refractivity contribution in [1.29, 1.82) is 0 Å². The normalized spacial score (nSPS) is 50.7. The van der Waals surface area contributed by atoms with Crippen molar-refractivity contribution in [2.75, 3.05) is 48.6 Å². The molecule has 0 amide bonds. The molecule has 5 aliphatic carbocycles. The number of carbonyl (C=O) groups is 2. The van der Waals surface area contributed by atoms with Crippen molar-refractivity contribution in [2.45, 2.75) is 73.6 Å². The number of methoxy groups -OCH3 is 4. The van der Waals surface area contributed by atoms with Crippen LogP contribution in [0, 0.1) is 34.5 Å². The number of hydrogen-bond acceptors (Lipinski definition) is 12. The van der Waals surface area contributed by atoms with Crippen molar-refractivity contribution in [2.24, 2.45) is 34.5 Å². The molecule has 6 fully saturated rings. The third kappa shape index (κ3) is 3.55. The molecule has 6 aliphatic rings. The summed E-state index contributed by atoms with van der Waals surface area (Å²) >= 11 is 0. The van der Waals surface area contributed by atoms with Crippen LogP contribution in [0.4, 0.5) is 0 Å². The Morgan fingerprint density at radius 2 is 1.71 bits per heavy atom. The quantitative estimate of drug-likeness (QED) is 0.337. The summed E-state index contributed by atoms with van der Waals surface area (Å²) < 4.78 is 37.2. The van der Waals surface area contributed by atoms with Gasteiger partial charge in [0.1, 0.15) is 23.9 Å². The van der Waals surface area contributed by atoms with Crippen molar-refractivity contribution in [3.8, 4) is 0 Å². The Labute approximate surface area is 262 Å². The number of piperidine rings is 1. The number of aliphatic hydroxyl groups excluding tert-OH is 2. The van der Waals surface area contributed by atoms with Gasteiger partial charge < -0.3 is 48.6 Å². The van der Waals surface area contributed by atoms with Crippen LogP contribution < -0.4 is 0 Å². The van der Waals surface area contributed by atoms with Gasteiger partial charge in [-0.05, 0) is 31.5 Å². The van der Waals surface area contributed by atoms with Crippen molar-refractivity contribution in [3.05, 3.63) is 35.9 Å². The van der Waals surface area contributed by atoms with Crippen LogP contribution in [0.2, 0.25) is 0 Å². The fraction of sp³-hybridized carbons (Fsp3) is 0.758. The fourth-order valence-corrected chi connectivity index (χ4v) is 12.2. The van der Waals surface area contributed by atoms with Gasteiger partial charge in [0.25, 0.3) is 0 Å². The molecule has 0 aromatic heterocycles. The first-order valence-corrected chi connectivity index (χ1v) is 15.8. The topological polar surface area (TPSA) is 153 Å². The number of fused-ring (bicyclic) bond motifs is 2. The summed E-state index contributed by atoms with van der Waals surface area (Å²) in [5.41, 5.74) is -4.79. The van der Waals surface area contributed by atoms with Crippen molar-refractivity contribution in [3.63, 3.8) is 0 Å². The second kappa shape index (κ2) is 10.4. The lowest BCUT2D eigenvalue weighted by atomic mass is 9.42. The molecule has 15 atom stereocenters. The number of likely N-dealkylation sites (tertiary alicyclic amines) is 1. The van der Waals surface area contributed by atoms with E-state index in [1.807, 2.05) is 7.05 Å². The maximum atomic E-state index is 13.7. The van der Waals surface area contributed by atoms with E-state index < -0.39 is 88.3 Å². The second-order valence-corrected chi connectivity index (χ2v) is 14.3. The third-order valence-electron chi connectivity index (χ3n) is 12.9. The number of benzene rings is 1. The molecule has 1 aromatic carbocycles. The van der Waals surface area contributed by atoms with Gasteiger partial charge in [0.15, 0.2) is 5.60 Å². The Bertz CT molecular complexity index is 1350. The summed E-state index contributed by atoms with van der Waals surface area (Å²) in [6.45, 7) is 2.00. The minimum Gasteiger partial charge on any atom is -0.455 e. The molecule has 7 bridgehead atoms. The highest BCUT2D eigenvalue weighted by Crippen LogP contribution is 2.80. The number of hydrogen-bond donors (Lipinski definition) is 3. The maximum absolute atomic E-state index is 13.7. The van der Waals surface area contributed by atoms with E-state index in [-0.39, 0.29) is 25.0 Å². The van der Waals surface area contributed by atoms with Gasteiger partial charge in [-0.1, -0.05) is 18.2 Å². The number of carbonyl (C=O) groups excluding carboxylic acids is 2. The molecule has 12 heteroatoms. The lowest BCUT2D eigenvalue weighted by Gasteiger charge is -2.70. The molecular weight excluding hydrogens is 586 g/mol. The molecule has 12 unspecified atom stereocenters. The molecule has 3 N–H and O–H groups in total. The van der Waals surface area contributed by atoms with Gasteiger partial charge in [0, 0.05) is 83.0 Å². The van der Waals surface area contributed by atoms with Gasteiger partial charge in [0.05, 0.1) is 30.5 Å². The Balaban J connectivity index is 1.52. The average Bonchev–Trinajstić information content (AvgIpc) is 3.40. The first kappa shape index (κ1) is 31.4. The predicted octanol–water partition coefficient (Wildman–Crippen LogP) is 0.258. The molecule has 1 aromatic rings. The summed E-state index contributed by atoms with van der Waals surface area (Å²) in [4.78, 5) is 29.1. The number of aliphatic hydroxyl groups is 3. The molecule has 1 spiro atoms. The lowest BCUT2D eigenvalue weighted by molar-refractivity contribution is -0.321. The SMILES string of the molecule is COC[C@]12CN(C)C3C4C(OC)C1C3(C(OC)CC2O)C1C[C@]2(O)C(OC)C(O)[C@@]4(OC(C)=O)C1C2OC(=O)c1ccccc1. The first-order valence-electron chi connectivity index (χ1n) is 15.8. The van der Waals surface area contributed by atoms with Crippen molar-refractivity contribution in [1.82, 2.24) is 4.90 Å². The van der Waals surface area contributed by atoms with E-state index in [0.717, 1.165) is 0 Å². The standard InChI is InChI=1S/C33H45NO11/c1-16(35)45-33-21-18(13-31(39,28(43-6)26(33)37)27(21)44-29(38)17-10-8-7-9-11-17)32-20(41-4)12-19(36)30(15-40-3)14-34(2)25(32)22(33)23(42-5)24(30)32/h7-11,18-28,36-37,39H,12-15H2,1-6H3/t18?,19?,20?,21?,22?,23?,24?,25?,26?,27?,28?,30-,31+,32?,33+/m0/s1. The van der Waals surface area contributed by atoms with Crippen molar-refractivity contribution >= 4 is 11.9 Å². The van der Waals surface area contributed by atoms with Crippen LogP contribution in [-0.2, 0) is 33.2 Å². The molecule has 1 saturated heterocycles. The van der Waals surface area contributed by atoms with E-state index >= 15 is 0 Å². The highest BCUT2D eigenvalue weighted by molar-refractivity contribution is 5.89. The maximum Gasteiger partial charge on any atom is 0.338 e. The van der Waals surface area contributed by atoms with E-state index in [4.69, 9.17) is 28.4 Å². The molecule has 12 nitrogen and oxygen atoms in total. The Kier molecular flexibility index (Phi) is 7.28. The molecule has 45 heavy (non-hydrogen) atoms. The van der Waals surface area contributed by atoms with Gasteiger partial charge in [0.2, 0.25) is 0 Å². The van der Waals surface area contributed by atoms with E-state index in [9.17, 15) is 24.9 Å². The third-order valence-corrected chi connectivity index (χ3v) is 12.9. The summed E-state index contributed by atoms with van der Waals surface area (Å²) in [5, 5.41) is 37.0. The van der Waals surface area contributed by atoms with Crippen LogP contribution in [0.25, 0.3) is 0 Å². The van der Waals surface area contributed by atoms with Crippen LogP contribution in [0.5, 0.6) is 0 Å². The van der Waals surface area contributed by atoms with Gasteiger partial charge in [-0.15, -0.1) is 0 Å². The zero-order valence-electron chi connectivity index (χ0n) is 26.6. The minimum absolute atomic E-state index is 0.0754. The molecular formula is C33H45NO11. The van der Waals surface area contributed by atoms with Gasteiger partial charge in [-0.2, -0.15) is 0 Å². The Morgan fingerprint density at radius 1 is 1.00 bits per heavy atom. The highest BCUT2D eigenvalue weighted by Gasteiger charge is 2.92. The number of ether oxygens (including phenoxy) is 6. The molecule has 1 heterocycles. The minimum atomic E-state index is -1.83. The second-order valence-electron chi connectivity index (χ2n) is 14.3. The first-order chi connectivity index (χ1) is 21.4. The smallest absolute Gasteiger partial charge is 0.338 e. The molecule has 0 radical (unpaired) electrons. The summed E-state index contributed by atoms with van der Waals surface area (Å²) in [6, 6.07) is 8.15. The predicted molar refractivity (Wildman–Crippen MR) is 156 cm³/mol. The number of nitrogens with zero attached hydrogens (tertiary/aromatic N) is 1.